The minimum absolute atomic E-state index is 0.00562. The number of fused-ring (bicyclic) bond motifs is 1. The second kappa shape index (κ2) is 10.7. The van der Waals surface area contributed by atoms with E-state index in [1.54, 1.807) is 41.3 Å². The number of rotatable bonds is 5. The van der Waals surface area contributed by atoms with Crippen molar-refractivity contribution < 1.29 is 18.0 Å². The number of halogens is 4. The van der Waals surface area contributed by atoms with Gasteiger partial charge in [-0.3, -0.25) is 9.36 Å². The van der Waals surface area contributed by atoms with E-state index in [2.05, 4.69) is 4.98 Å². The number of aromatic nitrogens is 2. The summed E-state index contributed by atoms with van der Waals surface area (Å²) in [6.45, 7) is 1.68. The second-order valence-electron chi connectivity index (χ2n) is 9.53. The van der Waals surface area contributed by atoms with Crippen LogP contribution < -0.4 is 0 Å². The van der Waals surface area contributed by atoms with Gasteiger partial charge in [0.1, 0.15) is 11.6 Å². The molecule has 0 aliphatic carbocycles. The summed E-state index contributed by atoms with van der Waals surface area (Å²) in [5.41, 5.74) is 4.07. The van der Waals surface area contributed by atoms with Crippen molar-refractivity contribution in [3.05, 3.63) is 106 Å². The van der Waals surface area contributed by atoms with Gasteiger partial charge in [-0.15, -0.1) is 0 Å². The van der Waals surface area contributed by atoms with Crippen LogP contribution in [0.4, 0.5) is 13.2 Å². The molecule has 0 N–H and O–H groups in total. The minimum atomic E-state index is -2.71. The number of hydrogen-bond donors (Lipinski definition) is 0. The first-order valence-electron chi connectivity index (χ1n) is 12.6. The lowest BCUT2D eigenvalue weighted by molar-refractivity contribution is 0.0632. The van der Waals surface area contributed by atoms with Crippen molar-refractivity contribution >= 4 is 34.1 Å². The van der Waals surface area contributed by atoms with Crippen molar-refractivity contribution in [2.24, 2.45) is 0 Å². The number of allylic oxidation sites excluding steroid dienone is 1. The Labute approximate surface area is 224 Å². The molecule has 5 rings (SSSR count). The van der Waals surface area contributed by atoms with Crippen LogP contribution in [0.2, 0.25) is 5.02 Å². The minimum Gasteiger partial charge on any atom is -0.339 e. The SMILES string of the molecule is C/C=C(/c1cccc(Cl)c1)c1cc(F)c(C(=O)N2CCC(c3nc4ccccc4n3C(F)F)CC2)cc1C. The molecule has 0 bridgehead atoms. The summed E-state index contributed by atoms with van der Waals surface area (Å²) in [7, 11) is 0. The first kappa shape index (κ1) is 26.0. The zero-order valence-electron chi connectivity index (χ0n) is 21.1. The number of imidazole rings is 1. The summed E-state index contributed by atoms with van der Waals surface area (Å²) in [6, 6.07) is 17.2. The Hall–Kier alpha value is -3.58. The maximum Gasteiger partial charge on any atom is 0.320 e. The first-order chi connectivity index (χ1) is 18.3. The number of benzene rings is 3. The van der Waals surface area contributed by atoms with Crippen LogP contribution in [0, 0.1) is 12.7 Å². The average Bonchev–Trinajstić information content (AvgIpc) is 3.31. The quantitative estimate of drug-likeness (QED) is 0.259. The maximum atomic E-state index is 15.3. The van der Waals surface area contributed by atoms with Gasteiger partial charge in [-0.1, -0.05) is 41.9 Å². The van der Waals surface area contributed by atoms with Crippen LogP contribution in [0.15, 0.2) is 66.7 Å². The molecule has 4 aromatic rings. The molecule has 1 amide bonds. The van der Waals surface area contributed by atoms with Crippen LogP contribution in [-0.2, 0) is 0 Å². The lowest BCUT2D eigenvalue weighted by Gasteiger charge is -2.32. The van der Waals surface area contributed by atoms with Crippen LogP contribution >= 0.6 is 11.6 Å². The Kier molecular flexibility index (Phi) is 7.30. The molecule has 1 aromatic heterocycles. The van der Waals surface area contributed by atoms with Gasteiger partial charge >= 0.3 is 6.55 Å². The van der Waals surface area contributed by atoms with E-state index in [4.69, 9.17) is 11.6 Å². The third-order valence-corrected chi connectivity index (χ3v) is 7.46. The predicted molar refractivity (Wildman–Crippen MR) is 144 cm³/mol. The Morgan fingerprint density at radius 3 is 2.47 bits per heavy atom. The Bertz CT molecular complexity index is 1540. The number of alkyl halides is 2. The van der Waals surface area contributed by atoms with Crippen molar-refractivity contribution in [2.75, 3.05) is 13.1 Å². The van der Waals surface area contributed by atoms with E-state index < -0.39 is 18.3 Å². The molecule has 0 unspecified atom stereocenters. The molecule has 1 aliphatic heterocycles. The zero-order valence-corrected chi connectivity index (χ0v) is 21.9. The molecule has 2 heterocycles. The molecule has 0 spiro atoms. The highest BCUT2D eigenvalue weighted by Gasteiger charge is 2.31. The van der Waals surface area contributed by atoms with Crippen molar-refractivity contribution in [1.29, 1.82) is 0 Å². The van der Waals surface area contributed by atoms with Gasteiger partial charge in [0, 0.05) is 24.0 Å². The first-order valence-corrected chi connectivity index (χ1v) is 12.9. The summed E-state index contributed by atoms with van der Waals surface area (Å²) in [5.74, 6) is -0.884. The standard InChI is InChI=1S/C30H27ClF3N3O/c1-3-22(20-7-6-8-21(31)16-20)23-17-25(32)24(15-18(23)2)29(38)36-13-11-19(12-14-36)28-35-26-9-4-5-10-27(26)37(28)30(33)34/h3-10,15-17,19,30H,11-14H2,1-2H3/b22-3-. The number of nitrogens with zero attached hydrogens (tertiary/aromatic N) is 3. The second-order valence-corrected chi connectivity index (χ2v) is 9.97. The van der Waals surface area contributed by atoms with Gasteiger partial charge in [0.15, 0.2) is 0 Å². The number of aryl methyl sites for hydroxylation is 1. The number of hydrogen-bond acceptors (Lipinski definition) is 2. The molecule has 8 heteroatoms. The van der Waals surface area contributed by atoms with Crippen LogP contribution in [0.1, 0.15) is 65.1 Å². The van der Waals surface area contributed by atoms with Crippen LogP contribution in [0.3, 0.4) is 0 Å². The highest BCUT2D eigenvalue weighted by Crippen LogP contribution is 2.34. The Morgan fingerprint density at radius 2 is 1.79 bits per heavy atom. The number of amides is 1. The number of para-hydroxylation sites is 2. The molecule has 38 heavy (non-hydrogen) atoms. The summed E-state index contributed by atoms with van der Waals surface area (Å²) >= 11 is 6.16. The third-order valence-electron chi connectivity index (χ3n) is 7.22. The molecule has 0 atom stereocenters. The third kappa shape index (κ3) is 4.83. The molecular formula is C30H27ClF3N3O. The summed E-state index contributed by atoms with van der Waals surface area (Å²) in [5, 5.41) is 0.583. The van der Waals surface area contributed by atoms with E-state index in [1.165, 1.54) is 6.07 Å². The number of likely N-dealkylation sites (tertiary alicyclic amines) is 1. The van der Waals surface area contributed by atoms with Gasteiger partial charge in [0.25, 0.3) is 5.91 Å². The van der Waals surface area contributed by atoms with Gasteiger partial charge in [-0.05, 0) is 85.4 Å². The largest absolute Gasteiger partial charge is 0.339 e. The highest BCUT2D eigenvalue weighted by molar-refractivity contribution is 6.30. The zero-order chi connectivity index (χ0) is 27.0. The van der Waals surface area contributed by atoms with Gasteiger partial charge in [-0.2, -0.15) is 8.78 Å². The molecule has 1 saturated heterocycles. The van der Waals surface area contributed by atoms with Crippen molar-refractivity contribution in [1.82, 2.24) is 14.5 Å². The monoisotopic (exact) mass is 537 g/mol. The van der Waals surface area contributed by atoms with E-state index >= 15 is 4.39 Å². The summed E-state index contributed by atoms with van der Waals surface area (Å²) in [4.78, 5) is 19.4. The lowest BCUT2D eigenvalue weighted by atomic mass is 9.92. The molecule has 196 valence electrons. The fraction of sp³-hybridized carbons (Fsp3) is 0.267. The fourth-order valence-corrected chi connectivity index (χ4v) is 5.53. The van der Waals surface area contributed by atoms with Crippen molar-refractivity contribution in [3.8, 4) is 0 Å². The lowest BCUT2D eigenvalue weighted by Crippen LogP contribution is -2.38. The molecule has 0 saturated carbocycles. The van der Waals surface area contributed by atoms with E-state index in [1.807, 2.05) is 38.1 Å². The maximum absolute atomic E-state index is 15.3. The smallest absolute Gasteiger partial charge is 0.320 e. The van der Waals surface area contributed by atoms with Gasteiger partial charge in [-0.25, -0.2) is 9.37 Å². The molecule has 0 radical (unpaired) electrons. The van der Waals surface area contributed by atoms with Gasteiger partial charge in [0.05, 0.1) is 16.6 Å². The molecule has 4 nitrogen and oxygen atoms in total. The number of carbonyl (C=O) groups is 1. The average molecular weight is 538 g/mol. The normalized spacial score (nSPS) is 15.0. The molecule has 3 aromatic carbocycles. The van der Waals surface area contributed by atoms with E-state index in [0.29, 0.717) is 53.4 Å². The topological polar surface area (TPSA) is 38.1 Å². The van der Waals surface area contributed by atoms with Crippen LogP contribution in [0.25, 0.3) is 16.6 Å². The van der Waals surface area contributed by atoms with E-state index in [0.717, 1.165) is 21.3 Å². The predicted octanol–water partition coefficient (Wildman–Crippen LogP) is 8.00. The van der Waals surface area contributed by atoms with Gasteiger partial charge < -0.3 is 4.90 Å². The summed E-state index contributed by atoms with van der Waals surface area (Å²) < 4.78 is 44.1. The molecule has 1 aliphatic rings. The highest BCUT2D eigenvalue weighted by atomic mass is 35.5. The van der Waals surface area contributed by atoms with E-state index in [-0.39, 0.29) is 11.5 Å². The summed E-state index contributed by atoms with van der Waals surface area (Å²) in [6.07, 6.45) is 2.84. The molecule has 1 fully saturated rings. The Morgan fingerprint density at radius 1 is 1.05 bits per heavy atom. The van der Waals surface area contributed by atoms with Crippen molar-refractivity contribution in [3.63, 3.8) is 0 Å². The van der Waals surface area contributed by atoms with E-state index in [9.17, 15) is 13.6 Å². The van der Waals surface area contributed by atoms with Gasteiger partial charge in [0.2, 0.25) is 0 Å². The number of piperidine rings is 1. The number of carbonyl (C=O) groups excluding carboxylic acids is 1. The fourth-order valence-electron chi connectivity index (χ4n) is 5.34. The Balaban J connectivity index is 1.35. The van der Waals surface area contributed by atoms with Crippen LogP contribution in [-0.4, -0.2) is 33.4 Å². The van der Waals surface area contributed by atoms with Crippen molar-refractivity contribution in [2.45, 2.75) is 39.2 Å². The van der Waals surface area contributed by atoms with Crippen LogP contribution in [0.5, 0.6) is 0 Å². The molecular weight excluding hydrogens is 511 g/mol.